The lowest BCUT2D eigenvalue weighted by atomic mass is 10.2. The fourth-order valence-electron chi connectivity index (χ4n) is 1.81. The molecule has 0 radical (unpaired) electrons. The van der Waals surface area contributed by atoms with Gasteiger partial charge < -0.3 is 0 Å². The molecule has 0 fully saturated rings. The molecule has 0 unspecified atom stereocenters. The zero-order chi connectivity index (χ0) is 15.4. The minimum Gasteiger partial charge on any atom is -0.253 e. The zero-order valence-electron chi connectivity index (χ0n) is 11.3. The van der Waals surface area contributed by atoms with E-state index in [-0.39, 0.29) is 0 Å². The Hall–Kier alpha value is -1.88. The van der Waals surface area contributed by atoms with Gasteiger partial charge in [0.25, 0.3) is 0 Å². The van der Waals surface area contributed by atoms with E-state index in [2.05, 4.69) is 15.5 Å². The highest BCUT2D eigenvalue weighted by Gasteiger charge is 2.06. The number of hydrogen-bond acceptors (Lipinski definition) is 4. The predicted molar refractivity (Wildman–Crippen MR) is 95.2 cm³/mol. The average Bonchev–Trinajstić information content (AvgIpc) is 3.00. The Morgan fingerprint density at radius 1 is 1.05 bits per heavy atom. The van der Waals surface area contributed by atoms with Crippen LogP contribution in [0.15, 0.2) is 59.0 Å². The maximum Gasteiger partial charge on any atom is 0.203 e. The maximum atomic E-state index is 6.03. The number of halogens is 2. The third kappa shape index (κ3) is 3.65. The molecular weight excluding hydrogens is 337 g/mol. The van der Waals surface area contributed by atoms with Crippen molar-refractivity contribution in [2.45, 2.75) is 0 Å². The molecule has 22 heavy (non-hydrogen) atoms. The summed E-state index contributed by atoms with van der Waals surface area (Å²) in [5.74, 6) is 0. The van der Waals surface area contributed by atoms with E-state index in [4.69, 9.17) is 23.2 Å². The first-order chi connectivity index (χ1) is 10.7. The van der Waals surface area contributed by atoms with Gasteiger partial charge in [0.15, 0.2) is 0 Å². The van der Waals surface area contributed by atoms with Gasteiger partial charge in [-0.2, -0.15) is 5.10 Å². The molecule has 0 atom stereocenters. The fraction of sp³-hybridized carbons (Fsp3) is 0. The molecule has 3 rings (SSSR count). The number of hydrogen-bond donors (Lipinski definition) is 1. The van der Waals surface area contributed by atoms with Crippen LogP contribution in [0.2, 0.25) is 10.0 Å². The van der Waals surface area contributed by atoms with Gasteiger partial charge in [0.05, 0.1) is 22.0 Å². The van der Waals surface area contributed by atoms with Crippen LogP contribution in [0.3, 0.4) is 0 Å². The molecule has 2 aromatic carbocycles. The zero-order valence-corrected chi connectivity index (χ0v) is 13.7. The normalized spacial score (nSPS) is 11.0. The topological polar surface area (TPSA) is 37.3 Å². The number of nitrogens with one attached hydrogen (secondary N) is 1. The second-order valence-electron chi connectivity index (χ2n) is 4.45. The van der Waals surface area contributed by atoms with E-state index in [0.717, 1.165) is 16.8 Å². The summed E-state index contributed by atoms with van der Waals surface area (Å²) in [6, 6.07) is 15.3. The Balaban J connectivity index is 1.71. The van der Waals surface area contributed by atoms with Gasteiger partial charge in [0.1, 0.15) is 0 Å². The summed E-state index contributed by atoms with van der Waals surface area (Å²) in [6.45, 7) is 0. The van der Waals surface area contributed by atoms with Crippen molar-refractivity contribution in [1.82, 2.24) is 4.98 Å². The molecule has 1 N–H and O–H groups in total. The first kappa shape index (κ1) is 15.0. The molecule has 110 valence electrons. The van der Waals surface area contributed by atoms with Crippen LogP contribution in [-0.4, -0.2) is 11.2 Å². The van der Waals surface area contributed by atoms with Gasteiger partial charge in [0, 0.05) is 10.9 Å². The summed E-state index contributed by atoms with van der Waals surface area (Å²) in [5.41, 5.74) is 5.71. The van der Waals surface area contributed by atoms with Gasteiger partial charge in [0.2, 0.25) is 5.13 Å². The van der Waals surface area contributed by atoms with E-state index in [1.165, 1.54) is 11.3 Å². The summed E-state index contributed by atoms with van der Waals surface area (Å²) in [6.07, 6.45) is 1.75. The predicted octanol–water partition coefficient (Wildman–Crippen LogP) is 5.56. The summed E-state index contributed by atoms with van der Waals surface area (Å²) in [4.78, 5) is 4.47. The largest absolute Gasteiger partial charge is 0.253 e. The van der Waals surface area contributed by atoms with Gasteiger partial charge in [-0.25, -0.2) is 4.98 Å². The lowest BCUT2D eigenvalue weighted by Gasteiger charge is -1.99. The van der Waals surface area contributed by atoms with E-state index in [1.54, 1.807) is 18.3 Å². The molecule has 3 nitrogen and oxygen atoms in total. The van der Waals surface area contributed by atoms with Crippen molar-refractivity contribution in [2.24, 2.45) is 5.10 Å². The molecular formula is C16H11Cl2N3S. The van der Waals surface area contributed by atoms with Gasteiger partial charge >= 0.3 is 0 Å². The summed E-state index contributed by atoms with van der Waals surface area (Å²) >= 11 is 13.4. The number of hydrazone groups is 1. The van der Waals surface area contributed by atoms with Crippen LogP contribution in [-0.2, 0) is 0 Å². The van der Waals surface area contributed by atoms with Crippen LogP contribution in [0.5, 0.6) is 0 Å². The van der Waals surface area contributed by atoms with Gasteiger partial charge in [-0.05, 0) is 17.7 Å². The van der Waals surface area contributed by atoms with E-state index in [1.807, 2.05) is 41.8 Å². The van der Waals surface area contributed by atoms with E-state index in [0.29, 0.717) is 15.2 Å². The van der Waals surface area contributed by atoms with E-state index >= 15 is 0 Å². The second-order valence-corrected chi connectivity index (χ2v) is 6.12. The molecule has 0 bridgehead atoms. The SMILES string of the molecule is Clc1ccc(-c2csc(NN=Cc3ccccc3)n2)cc1Cl. The van der Waals surface area contributed by atoms with Crippen LogP contribution in [0, 0.1) is 0 Å². The van der Waals surface area contributed by atoms with Crippen LogP contribution in [0.4, 0.5) is 5.13 Å². The van der Waals surface area contributed by atoms with Gasteiger partial charge in [-0.3, -0.25) is 5.43 Å². The van der Waals surface area contributed by atoms with Gasteiger partial charge in [-0.15, -0.1) is 11.3 Å². The first-order valence-corrected chi connectivity index (χ1v) is 8.11. The molecule has 0 aliphatic rings. The minimum absolute atomic E-state index is 0.517. The molecule has 0 spiro atoms. The number of aromatic nitrogens is 1. The minimum atomic E-state index is 0.517. The molecule has 1 aromatic heterocycles. The number of anilines is 1. The van der Waals surface area contributed by atoms with Crippen LogP contribution in [0.1, 0.15) is 5.56 Å². The maximum absolute atomic E-state index is 6.03. The van der Waals surface area contributed by atoms with Gasteiger partial charge in [-0.1, -0.05) is 59.6 Å². The lowest BCUT2D eigenvalue weighted by Crippen LogP contribution is -1.89. The highest BCUT2D eigenvalue weighted by Crippen LogP contribution is 2.30. The van der Waals surface area contributed by atoms with Crippen LogP contribution < -0.4 is 5.43 Å². The third-order valence-electron chi connectivity index (χ3n) is 2.89. The number of thiazole rings is 1. The van der Waals surface area contributed by atoms with E-state index < -0.39 is 0 Å². The molecule has 3 aromatic rings. The van der Waals surface area contributed by atoms with Crippen LogP contribution in [0.25, 0.3) is 11.3 Å². The van der Waals surface area contributed by atoms with Crippen molar-refractivity contribution >= 4 is 45.9 Å². The number of benzene rings is 2. The Morgan fingerprint density at radius 2 is 1.86 bits per heavy atom. The lowest BCUT2D eigenvalue weighted by molar-refractivity contribution is 1.29. The summed E-state index contributed by atoms with van der Waals surface area (Å²) in [7, 11) is 0. The van der Waals surface area contributed by atoms with Crippen LogP contribution >= 0.6 is 34.5 Å². The van der Waals surface area contributed by atoms with Crippen molar-refractivity contribution in [1.29, 1.82) is 0 Å². The fourth-order valence-corrected chi connectivity index (χ4v) is 2.78. The average molecular weight is 348 g/mol. The van der Waals surface area contributed by atoms with Crippen molar-refractivity contribution in [2.75, 3.05) is 5.43 Å². The second kappa shape index (κ2) is 6.92. The monoisotopic (exact) mass is 347 g/mol. The molecule has 0 saturated carbocycles. The number of nitrogens with zero attached hydrogens (tertiary/aromatic N) is 2. The van der Waals surface area contributed by atoms with Crippen molar-refractivity contribution in [3.05, 3.63) is 69.5 Å². The molecule has 6 heteroatoms. The number of rotatable bonds is 4. The van der Waals surface area contributed by atoms with Crippen molar-refractivity contribution in [3.8, 4) is 11.3 Å². The molecule has 0 saturated heterocycles. The summed E-state index contributed by atoms with van der Waals surface area (Å²) in [5, 5.41) is 7.89. The van der Waals surface area contributed by atoms with Crippen molar-refractivity contribution < 1.29 is 0 Å². The Kier molecular flexibility index (Phi) is 4.73. The Bertz CT molecular complexity index is 800. The first-order valence-electron chi connectivity index (χ1n) is 6.47. The molecule has 0 aliphatic carbocycles. The molecule has 1 heterocycles. The third-order valence-corrected chi connectivity index (χ3v) is 4.38. The van der Waals surface area contributed by atoms with E-state index in [9.17, 15) is 0 Å². The molecule has 0 amide bonds. The Labute approximate surface area is 142 Å². The quantitative estimate of drug-likeness (QED) is 0.495. The smallest absolute Gasteiger partial charge is 0.203 e. The Morgan fingerprint density at radius 3 is 2.64 bits per heavy atom. The highest BCUT2D eigenvalue weighted by molar-refractivity contribution is 7.14. The summed E-state index contributed by atoms with van der Waals surface area (Å²) < 4.78 is 0. The highest BCUT2D eigenvalue weighted by atomic mass is 35.5. The van der Waals surface area contributed by atoms with Crippen molar-refractivity contribution in [3.63, 3.8) is 0 Å². The standard InChI is InChI=1S/C16H11Cl2N3S/c17-13-7-6-12(8-14(13)18)15-10-22-16(20-15)21-19-9-11-4-2-1-3-5-11/h1-10H,(H,20,21). The molecule has 0 aliphatic heterocycles.